The topological polar surface area (TPSA) is 55.2 Å². The second-order valence-electron chi connectivity index (χ2n) is 4.86. The maximum Gasteiger partial charge on any atom is 0.151 e. The highest BCUT2D eigenvalue weighted by molar-refractivity contribution is 5.55. The number of aromatic nitrogens is 3. The summed E-state index contributed by atoms with van der Waals surface area (Å²) in [6.07, 6.45) is 1.71. The van der Waals surface area contributed by atoms with Crippen LogP contribution in [0.3, 0.4) is 0 Å². The SMILES string of the molecule is Cn1cnnc1CNc1ccc(N2CCOCC2)cc1. The van der Waals surface area contributed by atoms with E-state index in [2.05, 4.69) is 44.7 Å². The first-order chi connectivity index (χ1) is 9.83. The summed E-state index contributed by atoms with van der Waals surface area (Å²) in [4.78, 5) is 2.34. The minimum absolute atomic E-state index is 0.674. The van der Waals surface area contributed by atoms with E-state index in [-0.39, 0.29) is 0 Å². The van der Waals surface area contributed by atoms with Crippen molar-refractivity contribution in [2.24, 2.45) is 7.05 Å². The average Bonchev–Trinajstić information content (AvgIpc) is 2.92. The first kappa shape index (κ1) is 12.9. The van der Waals surface area contributed by atoms with E-state index in [9.17, 15) is 0 Å². The fraction of sp³-hybridized carbons (Fsp3) is 0.429. The quantitative estimate of drug-likeness (QED) is 0.909. The van der Waals surface area contributed by atoms with Gasteiger partial charge in [-0.3, -0.25) is 0 Å². The molecule has 1 aliphatic heterocycles. The average molecular weight is 273 g/mol. The molecule has 1 fully saturated rings. The van der Waals surface area contributed by atoms with Gasteiger partial charge in [0.05, 0.1) is 19.8 Å². The van der Waals surface area contributed by atoms with Crippen molar-refractivity contribution in [1.29, 1.82) is 0 Å². The summed E-state index contributed by atoms with van der Waals surface area (Å²) in [5.74, 6) is 0.919. The predicted octanol–water partition coefficient (Wildman–Crippen LogP) is 1.26. The molecular formula is C14H19N5O. The van der Waals surface area contributed by atoms with Crippen LogP contribution in [-0.4, -0.2) is 41.1 Å². The molecule has 0 saturated carbocycles. The molecule has 1 aromatic carbocycles. The molecule has 1 aromatic heterocycles. The third kappa shape index (κ3) is 2.91. The molecule has 2 heterocycles. The van der Waals surface area contributed by atoms with Crippen LogP contribution < -0.4 is 10.2 Å². The largest absolute Gasteiger partial charge is 0.378 e. The Kier molecular flexibility index (Phi) is 3.83. The van der Waals surface area contributed by atoms with Crippen molar-refractivity contribution in [1.82, 2.24) is 14.8 Å². The molecule has 1 N–H and O–H groups in total. The molecule has 1 saturated heterocycles. The van der Waals surface area contributed by atoms with Gasteiger partial charge in [0.2, 0.25) is 0 Å². The number of nitrogens with zero attached hydrogens (tertiary/aromatic N) is 4. The molecule has 0 atom stereocenters. The number of morpholine rings is 1. The van der Waals surface area contributed by atoms with Gasteiger partial charge in [0.1, 0.15) is 6.33 Å². The highest BCUT2D eigenvalue weighted by Gasteiger charge is 2.10. The van der Waals surface area contributed by atoms with Crippen molar-refractivity contribution in [3.05, 3.63) is 36.4 Å². The Morgan fingerprint density at radius 2 is 1.95 bits per heavy atom. The summed E-state index contributed by atoms with van der Waals surface area (Å²) in [5, 5.41) is 11.3. The normalized spacial score (nSPS) is 15.3. The number of benzene rings is 1. The first-order valence-electron chi connectivity index (χ1n) is 6.82. The van der Waals surface area contributed by atoms with E-state index < -0.39 is 0 Å². The van der Waals surface area contributed by atoms with Gasteiger partial charge in [0.25, 0.3) is 0 Å². The van der Waals surface area contributed by atoms with E-state index in [1.165, 1.54) is 5.69 Å². The molecule has 106 valence electrons. The van der Waals surface area contributed by atoms with E-state index >= 15 is 0 Å². The van der Waals surface area contributed by atoms with Crippen LogP contribution in [0.15, 0.2) is 30.6 Å². The molecule has 6 heteroatoms. The zero-order valence-corrected chi connectivity index (χ0v) is 11.6. The molecule has 20 heavy (non-hydrogen) atoms. The van der Waals surface area contributed by atoms with Crippen LogP contribution in [0.4, 0.5) is 11.4 Å². The van der Waals surface area contributed by atoms with Gasteiger partial charge in [0.15, 0.2) is 5.82 Å². The lowest BCUT2D eigenvalue weighted by Crippen LogP contribution is -2.36. The van der Waals surface area contributed by atoms with Crippen molar-refractivity contribution >= 4 is 11.4 Å². The number of hydrogen-bond acceptors (Lipinski definition) is 5. The van der Waals surface area contributed by atoms with E-state index in [4.69, 9.17) is 4.74 Å². The maximum absolute atomic E-state index is 5.37. The van der Waals surface area contributed by atoms with Gasteiger partial charge in [-0.1, -0.05) is 0 Å². The Hall–Kier alpha value is -2.08. The molecule has 2 aromatic rings. The summed E-state index contributed by atoms with van der Waals surface area (Å²) in [5.41, 5.74) is 2.34. The van der Waals surface area contributed by atoms with Gasteiger partial charge in [-0.15, -0.1) is 10.2 Å². The van der Waals surface area contributed by atoms with Crippen LogP contribution in [0.5, 0.6) is 0 Å². The lowest BCUT2D eigenvalue weighted by Gasteiger charge is -2.28. The van der Waals surface area contributed by atoms with E-state index in [1.54, 1.807) is 6.33 Å². The van der Waals surface area contributed by atoms with Crippen LogP contribution in [0, 0.1) is 0 Å². The van der Waals surface area contributed by atoms with Crippen LogP contribution in [0.25, 0.3) is 0 Å². The zero-order valence-electron chi connectivity index (χ0n) is 11.6. The summed E-state index contributed by atoms with van der Waals surface area (Å²) in [6.45, 7) is 4.23. The molecule has 0 aliphatic carbocycles. The number of rotatable bonds is 4. The van der Waals surface area contributed by atoms with Gasteiger partial charge in [-0.25, -0.2) is 0 Å². The Bertz CT molecular complexity index is 545. The van der Waals surface area contributed by atoms with Crippen LogP contribution in [0.2, 0.25) is 0 Å². The minimum Gasteiger partial charge on any atom is -0.378 e. The fourth-order valence-corrected chi connectivity index (χ4v) is 2.26. The van der Waals surface area contributed by atoms with Crippen molar-refractivity contribution in [3.63, 3.8) is 0 Å². The smallest absolute Gasteiger partial charge is 0.151 e. The van der Waals surface area contributed by atoms with Crippen LogP contribution in [-0.2, 0) is 18.3 Å². The molecule has 0 amide bonds. The Balaban J connectivity index is 1.59. The summed E-state index contributed by atoms with van der Waals surface area (Å²) in [6, 6.07) is 8.48. The maximum atomic E-state index is 5.37. The lowest BCUT2D eigenvalue weighted by molar-refractivity contribution is 0.122. The molecule has 0 radical (unpaired) electrons. The van der Waals surface area contributed by atoms with Gasteiger partial charge < -0.3 is 19.5 Å². The third-order valence-electron chi connectivity index (χ3n) is 3.50. The first-order valence-corrected chi connectivity index (χ1v) is 6.82. The number of hydrogen-bond donors (Lipinski definition) is 1. The van der Waals surface area contributed by atoms with Gasteiger partial charge in [0, 0.05) is 31.5 Å². The minimum atomic E-state index is 0.674. The second kappa shape index (κ2) is 5.92. The molecule has 1 aliphatic rings. The van der Waals surface area contributed by atoms with Gasteiger partial charge in [-0.2, -0.15) is 0 Å². The van der Waals surface area contributed by atoms with E-state index in [0.717, 1.165) is 37.8 Å². The Morgan fingerprint density at radius 3 is 2.60 bits per heavy atom. The van der Waals surface area contributed by atoms with E-state index in [0.29, 0.717) is 6.54 Å². The van der Waals surface area contributed by atoms with Crippen molar-refractivity contribution < 1.29 is 4.74 Å². The summed E-state index contributed by atoms with van der Waals surface area (Å²) >= 11 is 0. The van der Waals surface area contributed by atoms with Gasteiger partial charge in [-0.05, 0) is 24.3 Å². The molecule has 0 unspecified atom stereocenters. The van der Waals surface area contributed by atoms with Crippen LogP contribution >= 0.6 is 0 Å². The van der Waals surface area contributed by atoms with Crippen molar-refractivity contribution in [2.45, 2.75) is 6.54 Å². The van der Waals surface area contributed by atoms with Crippen molar-refractivity contribution in [2.75, 3.05) is 36.5 Å². The molecular weight excluding hydrogens is 254 g/mol. The highest BCUT2D eigenvalue weighted by Crippen LogP contribution is 2.19. The Morgan fingerprint density at radius 1 is 1.20 bits per heavy atom. The molecule has 6 nitrogen and oxygen atoms in total. The van der Waals surface area contributed by atoms with Crippen LogP contribution in [0.1, 0.15) is 5.82 Å². The van der Waals surface area contributed by atoms with Crippen molar-refractivity contribution in [3.8, 4) is 0 Å². The monoisotopic (exact) mass is 273 g/mol. The molecule has 3 rings (SSSR count). The zero-order chi connectivity index (χ0) is 13.8. The third-order valence-corrected chi connectivity index (χ3v) is 3.50. The molecule has 0 spiro atoms. The van der Waals surface area contributed by atoms with Gasteiger partial charge >= 0.3 is 0 Å². The fourth-order valence-electron chi connectivity index (χ4n) is 2.26. The number of aryl methyl sites for hydroxylation is 1. The number of nitrogens with one attached hydrogen (secondary N) is 1. The summed E-state index contributed by atoms with van der Waals surface area (Å²) < 4.78 is 7.28. The highest BCUT2D eigenvalue weighted by atomic mass is 16.5. The predicted molar refractivity (Wildman–Crippen MR) is 77.8 cm³/mol. The molecule has 0 bridgehead atoms. The lowest BCUT2D eigenvalue weighted by atomic mass is 10.2. The Labute approximate surface area is 118 Å². The number of anilines is 2. The number of ether oxygens (including phenoxy) is 1. The second-order valence-corrected chi connectivity index (χ2v) is 4.86. The summed E-state index contributed by atoms with van der Waals surface area (Å²) in [7, 11) is 1.94. The standard InChI is InChI=1S/C14H19N5O/c1-18-11-16-17-14(18)10-15-12-2-4-13(5-3-12)19-6-8-20-9-7-19/h2-5,11,15H,6-10H2,1H3. The van der Waals surface area contributed by atoms with E-state index in [1.807, 2.05) is 11.6 Å².